The third-order valence-electron chi connectivity index (χ3n) is 4.32. The van der Waals surface area contributed by atoms with E-state index in [0.29, 0.717) is 6.04 Å². The third-order valence-corrected chi connectivity index (χ3v) is 4.32. The summed E-state index contributed by atoms with van der Waals surface area (Å²) in [5, 5.41) is 7.24. The Morgan fingerprint density at radius 3 is 2.62 bits per heavy atom. The monoisotopic (exact) mass is 293 g/mol. The van der Waals surface area contributed by atoms with E-state index in [2.05, 4.69) is 34.1 Å². The molecule has 1 aliphatic heterocycles. The first kappa shape index (κ1) is 15.9. The van der Waals surface area contributed by atoms with Crippen molar-refractivity contribution < 1.29 is 4.79 Å². The summed E-state index contributed by atoms with van der Waals surface area (Å²) in [4.78, 5) is 19.1. The first-order valence-corrected chi connectivity index (χ1v) is 7.95. The topological polar surface area (TPSA) is 63.1 Å². The number of nitrogens with one attached hydrogen (secondary N) is 1. The Bertz CT molecular complexity index is 462. The van der Waals surface area contributed by atoms with Crippen LogP contribution in [0.2, 0.25) is 0 Å². The van der Waals surface area contributed by atoms with Crippen LogP contribution in [0.4, 0.5) is 0 Å². The Morgan fingerprint density at radius 1 is 1.38 bits per heavy atom. The van der Waals surface area contributed by atoms with Gasteiger partial charge in [0.25, 0.3) is 0 Å². The quantitative estimate of drug-likeness (QED) is 0.895. The van der Waals surface area contributed by atoms with Gasteiger partial charge in [0.15, 0.2) is 0 Å². The van der Waals surface area contributed by atoms with Gasteiger partial charge in [0.2, 0.25) is 5.91 Å². The summed E-state index contributed by atoms with van der Waals surface area (Å²) in [6.07, 6.45) is 3.43. The van der Waals surface area contributed by atoms with Gasteiger partial charge in [0.05, 0.1) is 6.04 Å². The second-order valence-corrected chi connectivity index (χ2v) is 6.07. The molecule has 0 radical (unpaired) electrons. The molecule has 0 spiro atoms. The number of aryl methyl sites for hydroxylation is 1. The molecule has 6 nitrogen and oxygen atoms in total. The molecule has 1 saturated heterocycles. The second-order valence-electron chi connectivity index (χ2n) is 6.07. The van der Waals surface area contributed by atoms with E-state index in [0.717, 1.165) is 38.3 Å². The van der Waals surface area contributed by atoms with E-state index < -0.39 is 0 Å². The summed E-state index contributed by atoms with van der Waals surface area (Å²) in [5.41, 5.74) is 0. The highest BCUT2D eigenvalue weighted by Crippen LogP contribution is 2.20. The SMILES string of the molecule is CCn1ncnc1[C@H](C)NC(=O)C1CCN(C(C)C)CC1. The van der Waals surface area contributed by atoms with Gasteiger partial charge in [-0.2, -0.15) is 5.10 Å². The summed E-state index contributed by atoms with van der Waals surface area (Å²) < 4.78 is 1.83. The zero-order chi connectivity index (χ0) is 15.4. The van der Waals surface area contributed by atoms with Gasteiger partial charge in [0, 0.05) is 18.5 Å². The van der Waals surface area contributed by atoms with Crippen LogP contribution in [-0.2, 0) is 11.3 Å². The lowest BCUT2D eigenvalue weighted by Crippen LogP contribution is -2.43. The molecule has 0 aromatic carbocycles. The highest BCUT2D eigenvalue weighted by Gasteiger charge is 2.27. The summed E-state index contributed by atoms with van der Waals surface area (Å²) in [6.45, 7) is 11.2. The molecule has 0 aliphatic carbocycles. The fourth-order valence-electron chi connectivity index (χ4n) is 2.93. The molecule has 6 heteroatoms. The molecule has 0 saturated carbocycles. The number of hydrogen-bond acceptors (Lipinski definition) is 4. The van der Waals surface area contributed by atoms with Gasteiger partial charge in [-0.1, -0.05) is 0 Å². The standard InChI is InChI=1S/C15H27N5O/c1-5-20-14(16-10-17-20)12(4)18-15(21)13-6-8-19(9-7-13)11(2)3/h10-13H,5-9H2,1-4H3,(H,18,21)/t12-/m0/s1. The summed E-state index contributed by atoms with van der Waals surface area (Å²) in [5.74, 6) is 1.10. The predicted octanol–water partition coefficient (Wildman–Crippen LogP) is 1.60. The maximum absolute atomic E-state index is 12.4. The number of carbonyl (C=O) groups is 1. The molecule has 2 rings (SSSR count). The number of carbonyl (C=O) groups excluding carboxylic acids is 1. The van der Waals surface area contributed by atoms with Crippen molar-refractivity contribution in [3.63, 3.8) is 0 Å². The van der Waals surface area contributed by atoms with E-state index in [1.54, 1.807) is 6.33 Å². The van der Waals surface area contributed by atoms with Crippen molar-refractivity contribution in [3.05, 3.63) is 12.2 Å². The second kappa shape index (κ2) is 7.02. The average Bonchev–Trinajstić information content (AvgIpc) is 2.95. The van der Waals surface area contributed by atoms with E-state index >= 15 is 0 Å². The fourth-order valence-corrected chi connectivity index (χ4v) is 2.93. The van der Waals surface area contributed by atoms with E-state index in [-0.39, 0.29) is 17.9 Å². The highest BCUT2D eigenvalue weighted by molar-refractivity contribution is 5.79. The molecule has 1 aromatic rings. The van der Waals surface area contributed by atoms with Crippen molar-refractivity contribution in [3.8, 4) is 0 Å². The number of aromatic nitrogens is 3. The van der Waals surface area contributed by atoms with Crippen LogP contribution in [-0.4, -0.2) is 44.7 Å². The van der Waals surface area contributed by atoms with Crippen LogP contribution in [0.15, 0.2) is 6.33 Å². The number of likely N-dealkylation sites (tertiary alicyclic amines) is 1. The summed E-state index contributed by atoms with van der Waals surface area (Å²) in [6, 6.07) is 0.471. The molecular weight excluding hydrogens is 266 g/mol. The number of rotatable bonds is 5. The van der Waals surface area contributed by atoms with E-state index in [4.69, 9.17) is 0 Å². The van der Waals surface area contributed by atoms with Gasteiger partial charge in [-0.15, -0.1) is 0 Å². The molecular formula is C15H27N5O. The molecule has 1 atom stereocenters. The molecule has 1 N–H and O–H groups in total. The van der Waals surface area contributed by atoms with Gasteiger partial charge >= 0.3 is 0 Å². The van der Waals surface area contributed by atoms with Gasteiger partial charge in [-0.3, -0.25) is 4.79 Å². The predicted molar refractivity (Wildman–Crippen MR) is 81.7 cm³/mol. The number of piperidine rings is 1. The number of nitrogens with zero attached hydrogens (tertiary/aromatic N) is 4. The van der Waals surface area contributed by atoms with Gasteiger partial charge in [-0.25, -0.2) is 9.67 Å². The van der Waals surface area contributed by atoms with Crippen LogP contribution >= 0.6 is 0 Å². The molecule has 1 aliphatic rings. The van der Waals surface area contributed by atoms with Crippen LogP contribution in [0.25, 0.3) is 0 Å². The summed E-state index contributed by atoms with van der Waals surface area (Å²) >= 11 is 0. The van der Waals surface area contributed by atoms with Crippen LogP contribution in [0, 0.1) is 5.92 Å². The normalized spacial score (nSPS) is 18.9. The van der Waals surface area contributed by atoms with Crippen LogP contribution in [0.5, 0.6) is 0 Å². The number of amides is 1. The van der Waals surface area contributed by atoms with Crippen molar-refractivity contribution in [2.45, 2.75) is 59.2 Å². The lowest BCUT2D eigenvalue weighted by atomic mass is 9.95. The minimum atomic E-state index is -0.0944. The summed E-state index contributed by atoms with van der Waals surface area (Å²) in [7, 11) is 0. The van der Waals surface area contributed by atoms with Crippen LogP contribution in [0.3, 0.4) is 0 Å². The minimum Gasteiger partial charge on any atom is -0.346 e. The molecule has 0 bridgehead atoms. The Labute approximate surface area is 126 Å². The van der Waals surface area contributed by atoms with Crippen LogP contribution < -0.4 is 5.32 Å². The Kier molecular flexibility index (Phi) is 5.33. The zero-order valence-corrected chi connectivity index (χ0v) is 13.5. The van der Waals surface area contributed by atoms with Gasteiger partial charge in [0.1, 0.15) is 12.2 Å². The average molecular weight is 293 g/mol. The van der Waals surface area contributed by atoms with Crippen molar-refractivity contribution in [2.75, 3.05) is 13.1 Å². The van der Waals surface area contributed by atoms with E-state index in [1.165, 1.54) is 0 Å². The molecule has 21 heavy (non-hydrogen) atoms. The molecule has 0 unspecified atom stereocenters. The third kappa shape index (κ3) is 3.81. The molecule has 1 fully saturated rings. The first-order valence-electron chi connectivity index (χ1n) is 7.95. The van der Waals surface area contributed by atoms with Crippen molar-refractivity contribution in [2.24, 2.45) is 5.92 Å². The molecule has 2 heterocycles. The van der Waals surface area contributed by atoms with Gasteiger partial charge in [-0.05, 0) is 53.6 Å². The van der Waals surface area contributed by atoms with Crippen molar-refractivity contribution in [1.29, 1.82) is 0 Å². The van der Waals surface area contributed by atoms with Crippen molar-refractivity contribution >= 4 is 5.91 Å². The smallest absolute Gasteiger partial charge is 0.223 e. The molecule has 118 valence electrons. The van der Waals surface area contributed by atoms with Gasteiger partial charge < -0.3 is 10.2 Å². The largest absolute Gasteiger partial charge is 0.346 e. The fraction of sp³-hybridized carbons (Fsp3) is 0.800. The zero-order valence-electron chi connectivity index (χ0n) is 13.5. The Balaban J connectivity index is 1.87. The maximum Gasteiger partial charge on any atom is 0.223 e. The van der Waals surface area contributed by atoms with Crippen LogP contribution in [0.1, 0.15) is 52.4 Å². The van der Waals surface area contributed by atoms with Crippen molar-refractivity contribution in [1.82, 2.24) is 25.0 Å². The number of hydrogen-bond donors (Lipinski definition) is 1. The molecule has 1 aromatic heterocycles. The molecule has 1 amide bonds. The highest BCUT2D eigenvalue weighted by atomic mass is 16.2. The minimum absolute atomic E-state index is 0.0944. The van der Waals surface area contributed by atoms with E-state index in [1.807, 2.05) is 18.5 Å². The lowest BCUT2D eigenvalue weighted by Gasteiger charge is -2.34. The Morgan fingerprint density at radius 2 is 2.05 bits per heavy atom. The van der Waals surface area contributed by atoms with E-state index in [9.17, 15) is 4.79 Å². The lowest BCUT2D eigenvalue weighted by molar-refractivity contribution is -0.127. The maximum atomic E-state index is 12.4. The first-order chi connectivity index (χ1) is 10.0. The Hall–Kier alpha value is -1.43.